The summed E-state index contributed by atoms with van der Waals surface area (Å²) in [6, 6.07) is 5.27. The molecule has 0 fully saturated rings. The highest BCUT2D eigenvalue weighted by Crippen LogP contribution is 2.30. The largest absolute Gasteiger partial charge is 0.497 e. The molecule has 0 aliphatic rings. The van der Waals surface area contributed by atoms with E-state index in [1.807, 2.05) is 0 Å². The van der Waals surface area contributed by atoms with Gasteiger partial charge >= 0.3 is 0 Å². The standard InChI is InChI=1S/C11H10Cl2N4O2/c1-18-6-3-4-7(8(5-6)19-2)14-11-16-9(12)15-10(13)17-11/h3-5H,1-2H3,(H,14,15,16,17). The van der Waals surface area contributed by atoms with Crippen molar-refractivity contribution in [2.24, 2.45) is 0 Å². The van der Waals surface area contributed by atoms with Crippen molar-refractivity contribution in [1.29, 1.82) is 0 Å². The number of nitrogens with zero attached hydrogens (tertiary/aromatic N) is 3. The minimum absolute atomic E-state index is 0.00924. The smallest absolute Gasteiger partial charge is 0.232 e. The van der Waals surface area contributed by atoms with Gasteiger partial charge in [-0.3, -0.25) is 0 Å². The van der Waals surface area contributed by atoms with Crippen molar-refractivity contribution in [1.82, 2.24) is 15.0 Å². The first-order chi connectivity index (χ1) is 9.12. The summed E-state index contributed by atoms with van der Waals surface area (Å²) in [5.74, 6) is 1.48. The molecule has 0 spiro atoms. The van der Waals surface area contributed by atoms with E-state index < -0.39 is 0 Å². The van der Waals surface area contributed by atoms with E-state index in [-0.39, 0.29) is 16.5 Å². The molecule has 0 saturated carbocycles. The molecule has 100 valence electrons. The molecular formula is C11H10Cl2N4O2. The molecule has 2 aromatic rings. The number of benzene rings is 1. The predicted octanol–water partition coefficient (Wildman–Crippen LogP) is 2.94. The van der Waals surface area contributed by atoms with Gasteiger partial charge in [0.1, 0.15) is 11.5 Å². The van der Waals surface area contributed by atoms with E-state index in [0.717, 1.165) is 0 Å². The van der Waals surface area contributed by atoms with Crippen molar-refractivity contribution in [3.8, 4) is 11.5 Å². The van der Waals surface area contributed by atoms with Gasteiger partial charge in [0.2, 0.25) is 16.5 Å². The number of methoxy groups -OCH3 is 2. The van der Waals surface area contributed by atoms with E-state index in [4.69, 9.17) is 32.7 Å². The Bertz CT molecular complexity index is 575. The van der Waals surface area contributed by atoms with Crippen LogP contribution in [0.15, 0.2) is 18.2 Å². The molecule has 0 atom stereocenters. The minimum atomic E-state index is 0.00924. The van der Waals surface area contributed by atoms with Crippen LogP contribution in [0.2, 0.25) is 10.6 Å². The molecule has 2 rings (SSSR count). The van der Waals surface area contributed by atoms with Gasteiger partial charge in [-0.2, -0.15) is 15.0 Å². The normalized spacial score (nSPS) is 10.1. The van der Waals surface area contributed by atoms with Gasteiger partial charge in [-0.25, -0.2) is 0 Å². The highest BCUT2D eigenvalue weighted by Gasteiger charge is 2.08. The quantitative estimate of drug-likeness (QED) is 0.936. The van der Waals surface area contributed by atoms with Gasteiger partial charge in [-0.1, -0.05) is 0 Å². The molecule has 0 bridgehead atoms. The van der Waals surface area contributed by atoms with Crippen molar-refractivity contribution in [2.75, 3.05) is 19.5 Å². The molecule has 0 radical (unpaired) electrons. The SMILES string of the molecule is COc1ccc(Nc2nc(Cl)nc(Cl)n2)c(OC)c1. The average Bonchev–Trinajstić information content (AvgIpc) is 2.38. The zero-order chi connectivity index (χ0) is 13.8. The van der Waals surface area contributed by atoms with E-state index >= 15 is 0 Å². The summed E-state index contributed by atoms with van der Waals surface area (Å²) in [6.07, 6.45) is 0. The number of aromatic nitrogens is 3. The van der Waals surface area contributed by atoms with E-state index in [1.54, 1.807) is 32.4 Å². The Labute approximate surface area is 119 Å². The predicted molar refractivity (Wildman–Crippen MR) is 72.7 cm³/mol. The summed E-state index contributed by atoms with van der Waals surface area (Å²) >= 11 is 11.4. The van der Waals surface area contributed by atoms with Crippen molar-refractivity contribution >= 4 is 34.8 Å². The summed E-state index contributed by atoms with van der Waals surface area (Å²) in [5, 5.41) is 2.96. The lowest BCUT2D eigenvalue weighted by molar-refractivity contribution is 0.395. The Hall–Kier alpha value is -1.79. The van der Waals surface area contributed by atoms with Gasteiger partial charge < -0.3 is 14.8 Å². The topological polar surface area (TPSA) is 69.2 Å². The van der Waals surface area contributed by atoms with Crippen LogP contribution in [-0.2, 0) is 0 Å². The molecule has 0 aliphatic heterocycles. The highest BCUT2D eigenvalue weighted by molar-refractivity contribution is 6.31. The lowest BCUT2D eigenvalue weighted by atomic mass is 10.2. The number of ether oxygens (including phenoxy) is 2. The first-order valence-corrected chi connectivity index (χ1v) is 5.94. The van der Waals surface area contributed by atoms with Crippen LogP contribution in [-0.4, -0.2) is 29.2 Å². The van der Waals surface area contributed by atoms with Crippen LogP contribution in [0.5, 0.6) is 11.5 Å². The summed E-state index contributed by atoms with van der Waals surface area (Å²) in [4.78, 5) is 11.5. The molecule has 0 aliphatic carbocycles. The molecule has 6 nitrogen and oxygen atoms in total. The number of nitrogens with one attached hydrogen (secondary N) is 1. The Morgan fingerprint density at radius 2 is 1.68 bits per heavy atom. The van der Waals surface area contributed by atoms with E-state index in [1.165, 1.54) is 0 Å². The molecule has 1 aromatic heterocycles. The second-order valence-electron chi connectivity index (χ2n) is 3.39. The minimum Gasteiger partial charge on any atom is -0.497 e. The Morgan fingerprint density at radius 3 is 2.26 bits per heavy atom. The fraction of sp³-hybridized carbons (Fsp3) is 0.182. The van der Waals surface area contributed by atoms with Crippen LogP contribution in [0.4, 0.5) is 11.6 Å². The molecular weight excluding hydrogens is 291 g/mol. The van der Waals surface area contributed by atoms with Crippen LogP contribution in [0.25, 0.3) is 0 Å². The molecule has 19 heavy (non-hydrogen) atoms. The summed E-state index contributed by atoms with van der Waals surface area (Å²) in [6.45, 7) is 0. The molecule has 0 saturated heterocycles. The number of rotatable bonds is 4. The average molecular weight is 301 g/mol. The van der Waals surface area contributed by atoms with Gasteiger partial charge in [0, 0.05) is 6.07 Å². The summed E-state index contributed by atoms with van der Waals surface area (Å²) in [7, 11) is 3.13. The molecule has 1 N–H and O–H groups in total. The lowest BCUT2D eigenvalue weighted by Gasteiger charge is -2.11. The fourth-order valence-electron chi connectivity index (χ4n) is 1.40. The number of hydrogen-bond acceptors (Lipinski definition) is 6. The van der Waals surface area contributed by atoms with Crippen molar-refractivity contribution < 1.29 is 9.47 Å². The van der Waals surface area contributed by atoms with Gasteiger partial charge in [-0.05, 0) is 35.3 Å². The fourth-order valence-corrected chi connectivity index (χ4v) is 1.77. The van der Waals surface area contributed by atoms with Crippen LogP contribution < -0.4 is 14.8 Å². The summed E-state index contributed by atoms with van der Waals surface area (Å²) < 4.78 is 10.3. The first kappa shape index (κ1) is 13.6. The Kier molecular flexibility index (Phi) is 4.24. The maximum Gasteiger partial charge on any atom is 0.232 e. The lowest BCUT2D eigenvalue weighted by Crippen LogP contribution is -2.01. The van der Waals surface area contributed by atoms with Gasteiger partial charge in [0.15, 0.2) is 0 Å². The molecule has 0 amide bonds. The van der Waals surface area contributed by atoms with Gasteiger partial charge in [0.05, 0.1) is 19.9 Å². The zero-order valence-electron chi connectivity index (χ0n) is 10.1. The van der Waals surface area contributed by atoms with Crippen LogP contribution in [0, 0.1) is 0 Å². The van der Waals surface area contributed by atoms with Crippen LogP contribution >= 0.6 is 23.2 Å². The second-order valence-corrected chi connectivity index (χ2v) is 4.06. The van der Waals surface area contributed by atoms with Crippen molar-refractivity contribution in [2.45, 2.75) is 0 Å². The third kappa shape index (κ3) is 3.36. The maximum absolute atomic E-state index is 5.70. The molecule has 1 aromatic carbocycles. The summed E-state index contributed by atoms with van der Waals surface area (Å²) in [5.41, 5.74) is 0.654. The van der Waals surface area contributed by atoms with E-state index in [9.17, 15) is 0 Å². The van der Waals surface area contributed by atoms with Gasteiger partial charge in [-0.15, -0.1) is 0 Å². The second kappa shape index (κ2) is 5.90. The Morgan fingerprint density at radius 1 is 1.00 bits per heavy atom. The molecule has 1 heterocycles. The third-order valence-corrected chi connectivity index (χ3v) is 2.57. The number of anilines is 2. The zero-order valence-corrected chi connectivity index (χ0v) is 11.7. The molecule has 8 heteroatoms. The van der Waals surface area contributed by atoms with E-state index in [2.05, 4.69) is 20.3 Å². The van der Waals surface area contributed by atoms with Crippen molar-refractivity contribution in [3.63, 3.8) is 0 Å². The number of halogens is 2. The third-order valence-electron chi connectivity index (χ3n) is 2.24. The van der Waals surface area contributed by atoms with E-state index in [0.29, 0.717) is 17.2 Å². The first-order valence-electron chi connectivity index (χ1n) is 5.18. The molecule has 0 unspecified atom stereocenters. The van der Waals surface area contributed by atoms with Crippen molar-refractivity contribution in [3.05, 3.63) is 28.8 Å². The van der Waals surface area contributed by atoms with Gasteiger partial charge in [0.25, 0.3) is 0 Å². The highest BCUT2D eigenvalue weighted by atomic mass is 35.5. The monoisotopic (exact) mass is 300 g/mol. The van der Waals surface area contributed by atoms with Crippen LogP contribution in [0.3, 0.4) is 0 Å². The maximum atomic E-state index is 5.70. The number of hydrogen-bond donors (Lipinski definition) is 1. The van der Waals surface area contributed by atoms with Crippen LogP contribution in [0.1, 0.15) is 0 Å². The Balaban J connectivity index is 2.32.